The Bertz CT molecular complexity index is 447. The lowest BCUT2D eigenvalue weighted by molar-refractivity contribution is 0.0394. The van der Waals surface area contributed by atoms with Crippen molar-refractivity contribution in [2.24, 2.45) is 10.7 Å². The third kappa shape index (κ3) is 4.83. The van der Waals surface area contributed by atoms with Crippen molar-refractivity contribution >= 4 is 11.6 Å². The highest BCUT2D eigenvalue weighted by atomic mass is 16.5. The van der Waals surface area contributed by atoms with E-state index in [1.807, 2.05) is 0 Å². The number of hydrogen-bond donors (Lipinski definition) is 2. The first-order chi connectivity index (χ1) is 9.63. The van der Waals surface area contributed by atoms with Gasteiger partial charge in [-0.15, -0.1) is 0 Å². The second-order valence-corrected chi connectivity index (χ2v) is 5.22. The Morgan fingerprint density at radius 3 is 2.55 bits per heavy atom. The summed E-state index contributed by atoms with van der Waals surface area (Å²) < 4.78 is 5.31. The van der Waals surface area contributed by atoms with Gasteiger partial charge in [-0.3, -0.25) is 9.89 Å². The standard InChI is InChI=1S/C15H24N4O/c1-12-9-13(2)11-14(10-12)18-15(16)17-3-4-19-5-7-20-8-6-19/h9-11H,3-8H2,1-2H3,(H3,16,17,18). The number of nitrogens with two attached hydrogens (primary N) is 1. The number of aryl methyl sites for hydroxylation is 2. The smallest absolute Gasteiger partial charge is 0.193 e. The molecule has 0 unspecified atom stereocenters. The molecule has 0 spiro atoms. The van der Waals surface area contributed by atoms with Gasteiger partial charge < -0.3 is 15.8 Å². The minimum absolute atomic E-state index is 0.475. The van der Waals surface area contributed by atoms with Crippen molar-refractivity contribution in [2.75, 3.05) is 44.7 Å². The minimum atomic E-state index is 0.475. The highest BCUT2D eigenvalue weighted by Crippen LogP contribution is 2.13. The lowest BCUT2D eigenvalue weighted by Gasteiger charge is -2.25. The van der Waals surface area contributed by atoms with Crippen molar-refractivity contribution in [1.82, 2.24) is 4.90 Å². The first-order valence-corrected chi connectivity index (χ1v) is 7.09. The van der Waals surface area contributed by atoms with Gasteiger partial charge >= 0.3 is 0 Å². The second kappa shape index (κ2) is 7.26. The van der Waals surface area contributed by atoms with E-state index in [1.54, 1.807) is 0 Å². The number of morpholine rings is 1. The highest BCUT2D eigenvalue weighted by molar-refractivity contribution is 5.92. The van der Waals surface area contributed by atoms with Crippen molar-refractivity contribution in [3.63, 3.8) is 0 Å². The van der Waals surface area contributed by atoms with Gasteiger partial charge in [0.2, 0.25) is 0 Å². The van der Waals surface area contributed by atoms with Gasteiger partial charge in [-0.05, 0) is 37.1 Å². The van der Waals surface area contributed by atoms with Crippen LogP contribution in [-0.4, -0.2) is 50.3 Å². The maximum absolute atomic E-state index is 5.92. The number of aliphatic imine (C=N–C) groups is 1. The summed E-state index contributed by atoms with van der Waals surface area (Å²) in [4.78, 5) is 6.72. The predicted octanol–water partition coefficient (Wildman–Crippen LogP) is 1.36. The average Bonchev–Trinajstić information content (AvgIpc) is 2.38. The molecule has 20 heavy (non-hydrogen) atoms. The van der Waals surface area contributed by atoms with E-state index in [1.165, 1.54) is 11.1 Å². The zero-order valence-corrected chi connectivity index (χ0v) is 12.4. The normalized spacial score (nSPS) is 17.2. The first kappa shape index (κ1) is 14.8. The molecule has 0 aliphatic carbocycles. The summed E-state index contributed by atoms with van der Waals surface area (Å²) in [6, 6.07) is 6.27. The number of rotatable bonds is 4. The Hall–Kier alpha value is -1.59. The van der Waals surface area contributed by atoms with E-state index in [-0.39, 0.29) is 0 Å². The van der Waals surface area contributed by atoms with Gasteiger partial charge in [0.15, 0.2) is 5.96 Å². The SMILES string of the molecule is Cc1cc(C)cc(NC(N)=NCCN2CCOCC2)c1. The van der Waals surface area contributed by atoms with Crippen molar-refractivity contribution < 1.29 is 4.74 Å². The Kier molecular flexibility index (Phi) is 5.38. The van der Waals surface area contributed by atoms with Crippen LogP contribution >= 0.6 is 0 Å². The monoisotopic (exact) mass is 276 g/mol. The summed E-state index contributed by atoms with van der Waals surface area (Å²) >= 11 is 0. The van der Waals surface area contributed by atoms with E-state index in [0.717, 1.165) is 38.5 Å². The topological polar surface area (TPSA) is 62.9 Å². The third-order valence-corrected chi connectivity index (χ3v) is 3.30. The molecule has 2 rings (SSSR count). The molecule has 1 aliphatic rings. The Morgan fingerprint density at radius 2 is 1.90 bits per heavy atom. The van der Waals surface area contributed by atoms with E-state index >= 15 is 0 Å². The van der Waals surface area contributed by atoms with E-state index in [0.29, 0.717) is 12.5 Å². The molecule has 0 saturated carbocycles. The van der Waals surface area contributed by atoms with Crippen LogP contribution in [0.5, 0.6) is 0 Å². The number of nitrogens with one attached hydrogen (secondary N) is 1. The van der Waals surface area contributed by atoms with E-state index in [4.69, 9.17) is 10.5 Å². The molecule has 3 N–H and O–H groups in total. The number of guanidine groups is 1. The van der Waals surface area contributed by atoms with E-state index < -0.39 is 0 Å². The molecule has 0 aromatic heterocycles. The Labute approximate surface area is 120 Å². The number of hydrogen-bond acceptors (Lipinski definition) is 3. The van der Waals surface area contributed by atoms with Gasteiger partial charge in [-0.2, -0.15) is 0 Å². The molecule has 5 heteroatoms. The fourth-order valence-corrected chi connectivity index (χ4v) is 2.37. The quantitative estimate of drug-likeness (QED) is 0.644. The first-order valence-electron chi connectivity index (χ1n) is 7.09. The van der Waals surface area contributed by atoms with Crippen molar-refractivity contribution in [3.05, 3.63) is 29.3 Å². The van der Waals surface area contributed by atoms with Crippen molar-refractivity contribution in [1.29, 1.82) is 0 Å². The van der Waals surface area contributed by atoms with Crippen molar-refractivity contribution in [3.8, 4) is 0 Å². The number of nitrogens with zero attached hydrogens (tertiary/aromatic N) is 2. The molecule has 1 aromatic carbocycles. The maximum atomic E-state index is 5.92. The second-order valence-electron chi connectivity index (χ2n) is 5.22. The van der Waals surface area contributed by atoms with Crippen LogP contribution in [0.1, 0.15) is 11.1 Å². The summed E-state index contributed by atoms with van der Waals surface area (Å²) in [5.41, 5.74) is 9.35. The van der Waals surface area contributed by atoms with Crippen LogP contribution < -0.4 is 11.1 Å². The minimum Gasteiger partial charge on any atom is -0.379 e. The van der Waals surface area contributed by atoms with Gasteiger partial charge in [0.05, 0.1) is 19.8 Å². The third-order valence-electron chi connectivity index (χ3n) is 3.30. The fraction of sp³-hybridized carbons (Fsp3) is 0.533. The molecule has 1 aromatic rings. The van der Waals surface area contributed by atoms with Crippen LogP contribution in [0.25, 0.3) is 0 Å². The van der Waals surface area contributed by atoms with Gasteiger partial charge in [0.25, 0.3) is 0 Å². The summed E-state index contributed by atoms with van der Waals surface area (Å²) in [5.74, 6) is 0.475. The zero-order chi connectivity index (χ0) is 14.4. The summed E-state index contributed by atoms with van der Waals surface area (Å²) in [5, 5.41) is 3.15. The molecule has 1 aliphatic heterocycles. The predicted molar refractivity (Wildman–Crippen MR) is 83.3 cm³/mol. The van der Waals surface area contributed by atoms with Gasteiger partial charge in [0, 0.05) is 25.3 Å². The lowest BCUT2D eigenvalue weighted by Crippen LogP contribution is -2.38. The van der Waals surface area contributed by atoms with E-state index in [9.17, 15) is 0 Å². The average molecular weight is 276 g/mol. The van der Waals surface area contributed by atoms with Crippen molar-refractivity contribution in [2.45, 2.75) is 13.8 Å². The highest BCUT2D eigenvalue weighted by Gasteiger charge is 2.08. The number of ether oxygens (including phenoxy) is 1. The lowest BCUT2D eigenvalue weighted by atomic mass is 10.1. The zero-order valence-electron chi connectivity index (χ0n) is 12.4. The summed E-state index contributed by atoms with van der Waals surface area (Å²) in [6.07, 6.45) is 0. The van der Waals surface area contributed by atoms with Crippen LogP contribution in [0.2, 0.25) is 0 Å². The summed E-state index contributed by atoms with van der Waals surface area (Å²) in [6.45, 7) is 9.40. The molecular formula is C15H24N4O. The number of anilines is 1. The van der Waals surface area contributed by atoms with Gasteiger partial charge in [0.1, 0.15) is 0 Å². The molecule has 1 heterocycles. The van der Waals surface area contributed by atoms with Crippen LogP contribution in [0.3, 0.4) is 0 Å². The van der Waals surface area contributed by atoms with Gasteiger partial charge in [-0.25, -0.2) is 0 Å². The van der Waals surface area contributed by atoms with E-state index in [2.05, 4.69) is 47.3 Å². The van der Waals surface area contributed by atoms with Crippen LogP contribution in [0.15, 0.2) is 23.2 Å². The molecule has 5 nitrogen and oxygen atoms in total. The summed E-state index contributed by atoms with van der Waals surface area (Å²) in [7, 11) is 0. The molecule has 110 valence electrons. The molecular weight excluding hydrogens is 252 g/mol. The van der Waals surface area contributed by atoms with Crippen LogP contribution in [-0.2, 0) is 4.74 Å². The molecule has 0 radical (unpaired) electrons. The van der Waals surface area contributed by atoms with Crippen LogP contribution in [0.4, 0.5) is 5.69 Å². The Balaban J connectivity index is 1.81. The van der Waals surface area contributed by atoms with Crippen LogP contribution in [0, 0.1) is 13.8 Å². The molecule has 0 bridgehead atoms. The molecule has 0 amide bonds. The fourth-order valence-electron chi connectivity index (χ4n) is 2.37. The Morgan fingerprint density at radius 1 is 1.25 bits per heavy atom. The molecule has 0 atom stereocenters. The molecule has 1 fully saturated rings. The maximum Gasteiger partial charge on any atom is 0.193 e. The van der Waals surface area contributed by atoms with Gasteiger partial charge in [-0.1, -0.05) is 6.07 Å². The molecule has 1 saturated heterocycles. The number of benzene rings is 1. The largest absolute Gasteiger partial charge is 0.379 e.